The van der Waals surface area contributed by atoms with Crippen molar-refractivity contribution >= 4 is 17.5 Å². The molecule has 6 nitrogen and oxygen atoms in total. The molecule has 0 bridgehead atoms. The van der Waals surface area contributed by atoms with E-state index in [1.54, 1.807) is 33.1 Å². The van der Waals surface area contributed by atoms with Crippen LogP contribution in [0.1, 0.15) is 37.4 Å². The molecule has 0 radical (unpaired) electrons. The standard InChI is InChI=1S/C24H28FN3O3/c1-17(2)24(30)27(13-14-31-3)16-23(29)28-22(19-7-5-4-6-8-19)15-21(26-28)18-9-11-20(25)12-10-18/h4-12,17,22H,13-16H2,1-3H3/t22-/m0/s1. The van der Waals surface area contributed by atoms with E-state index in [9.17, 15) is 14.0 Å². The maximum atomic E-state index is 13.4. The molecule has 2 aromatic rings. The van der Waals surface area contributed by atoms with E-state index in [2.05, 4.69) is 5.10 Å². The van der Waals surface area contributed by atoms with Crippen molar-refractivity contribution in [1.29, 1.82) is 0 Å². The van der Waals surface area contributed by atoms with Crippen LogP contribution in [0.15, 0.2) is 59.7 Å². The van der Waals surface area contributed by atoms with Gasteiger partial charge in [0.05, 0.1) is 18.4 Å². The van der Waals surface area contributed by atoms with Crippen LogP contribution in [0.5, 0.6) is 0 Å². The van der Waals surface area contributed by atoms with Crippen molar-refractivity contribution < 1.29 is 18.7 Å². The van der Waals surface area contributed by atoms with Gasteiger partial charge in [-0.05, 0) is 23.3 Å². The van der Waals surface area contributed by atoms with E-state index in [0.717, 1.165) is 11.1 Å². The zero-order valence-electron chi connectivity index (χ0n) is 18.1. The molecule has 1 atom stereocenters. The number of carbonyl (C=O) groups is 2. The summed E-state index contributed by atoms with van der Waals surface area (Å²) in [6.45, 7) is 4.21. The zero-order chi connectivity index (χ0) is 22.4. The minimum atomic E-state index is -0.323. The van der Waals surface area contributed by atoms with Crippen molar-refractivity contribution in [2.24, 2.45) is 11.0 Å². The second-order valence-electron chi connectivity index (χ2n) is 7.83. The van der Waals surface area contributed by atoms with Gasteiger partial charge in [0.2, 0.25) is 5.91 Å². The molecule has 1 aliphatic rings. The summed E-state index contributed by atoms with van der Waals surface area (Å²) in [5.41, 5.74) is 2.43. The molecule has 1 heterocycles. The molecule has 0 saturated carbocycles. The number of carbonyl (C=O) groups excluding carboxylic acids is 2. The van der Waals surface area contributed by atoms with Crippen LogP contribution in [-0.4, -0.2) is 54.2 Å². The summed E-state index contributed by atoms with van der Waals surface area (Å²) in [7, 11) is 1.56. The van der Waals surface area contributed by atoms with Gasteiger partial charge in [-0.25, -0.2) is 9.40 Å². The Kier molecular flexibility index (Phi) is 7.52. The smallest absolute Gasteiger partial charge is 0.262 e. The highest BCUT2D eigenvalue weighted by Crippen LogP contribution is 2.33. The zero-order valence-corrected chi connectivity index (χ0v) is 18.1. The summed E-state index contributed by atoms with van der Waals surface area (Å²) in [5, 5.41) is 6.05. The maximum Gasteiger partial charge on any atom is 0.262 e. The highest BCUT2D eigenvalue weighted by atomic mass is 19.1. The highest BCUT2D eigenvalue weighted by molar-refractivity contribution is 6.03. The number of halogens is 1. The Morgan fingerprint density at radius 1 is 1.16 bits per heavy atom. The lowest BCUT2D eigenvalue weighted by Gasteiger charge is -2.28. The van der Waals surface area contributed by atoms with Crippen LogP contribution in [0.4, 0.5) is 4.39 Å². The first-order valence-electron chi connectivity index (χ1n) is 10.4. The van der Waals surface area contributed by atoms with Gasteiger partial charge in [-0.2, -0.15) is 5.10 Å². The van der Waals surface area contributed by atoms with Gasteiger partial charge >= 0.3 is 0 Å². The Hall–Kier alpha value is -3.06. The van der Waals surface area contributed by atoms with Crippen molar-refractivity contribution in [3.8, 4) is 0 Å². The molecule has 1 aliphatic heterocycles. The van der Waals surface area contributed by atoms with E-state index in [4.69, 9.17) is 4.74 Å². The average Bonchev–Trinajstić information content (AvgIpc) is 3.22. The van der Waals surface area contributed by atoms with Crippen molar-refractivity contribution in [3.63, 3.8) is 0 Å². The lowest BCUT2D eigenvalue weighted by molar-refractivity contribution is -0.143. The van der Waals surface area contributed by atoms with Gasteiger partial charge < -0.3 is 9.64 Å². The Labute approximate surface area is 182 Å². The minimum Gasteiger partial charge on any atom is -0.383 e. The van der Waals surface area contributed by atoms with E-state index in [1.165, 1.54) is 22.0 Å². The normalized spacial score (nSPS) is 15.8. The van der Waals surface area contributed by atoms with Crippen LogP contribution in [0.2, 0.25) is 0 Å². The Balaban J connectivity index is 1.87. The lowest BCUT2D eigenvalue weighted by atomic mass is 9.98. The second kappa shape index (κ2) is 10.3. The molecule has 2 aromatic carbocycles. The molecule has 0 spiro atoms. The summed E-state index contributed by atoms with van der Waals surface area (Å²) >= 11 is 0. The first-order valence-corrected chi connectivity index (χ1v) is 10.4. The predicted molar refractivity (Wildman–Crippen MR) is 117 cm³/mol. The molecule has 0 N–H and O–H groups in total. The van der Waals surface area contributed by atoms with Gasteiger partial charge in [0.25, 0.3) is 5.91 Å². The van der Waals surface area contributed by atoms with E-state index >= 15 is 0 Å². The summed E-state index contributed by atoms with van der Waals surface area (Å²) in [5.74, 6) is -0.929. The number of ether oxygens (including phenoxy) is 1. The third kappa shape index (κ3) is 5.55. The van der Waals surface area contributed by atoms with Crippen LogP contribution in [0.25, 0.3) is 0 Å². The molecule has 0 aromatic heterocycles. The molecule has 31 heavy (non-hydrogen) atoms. The molecule has 0 fully saturated rings. The largest absolute Gasteiger partial charge is 0.383 e. The number of rotatable bonds is 8. The third-order valence-electron chi connectivity index (χ3n) is 5.22. The van der Waals surface area contributed by atoms with E-state index < -0.39 is 0 Å². The van der Waals surface area contributed by atoms with Gasteiger partial charge in [0.15, 0.2) is 0 Å². The van der Waals surface area contributed by atoms with Gasteiger partial charge in [0.1, 0.15) is 12.4 Å². The molecule has 164 valence electrons. The summed E-state index contributed by atoms with van der Waals surface area (Å²) < 4.78 is 18.5. The van der Waals surface area contributed by atoms with Crippen LogP contribution in [0.3, 0.4) is 0 Å². The molecule has 0 saturated heterocycles. The summed E-state index contributed by atoms with van der Waals surface area (Å²) in [6, 6.07) is 15.5. The quantitative estimate of drug-likeness (QED) is 0.649. The van der Waals surface area contributed by atoms with Crippen LogP contribution < -0.4 is 0 Å². The maximum absolute atomic E-state index is 13.4. The average molecular weight is 426 g/mol. The Morgan fingerprint density at radius 3 is 2.45 bits per heavy atom. The molecular weight excluding hydrogens is 397 g/mol. The Bertz CT molecular complexity index is 929. The highest BCUT2D eigenvalue weighted by Gasteiger charge is 2.34. The number of amides is 2. The fourth-order valence-corrected chi connectivity index (χ4v) is 3.56. The number of hydrazone groups is 1. The van der Waals surface area contributed by atoms with Gasteiger partial charge in [-0.3, -0.25) is 9.59 Å². The van der Waals surface area contributed by atoms with Crippen molar-refractivity contribution in [3.05, 3.63) is 71.5 Å². The molecule has 7 heteroatoms. The molecule has 0 aliphatic carbocycles. The monoisotopic (exact) mass is 425 g/mol. The topological polar surface area (TPSA) is 62.2 Å². The summed E-state index contributed by atoms with van der Waals surface area (Å²) in [4.78, 5) is 27.4. The van der Waals surface area contributed by atoms with E-state index in [-0.39, 0.29) is 36.1 Å². The number of hydrogen-bond donors (Lipinski definition) is 0. The van der Waals surface area contributed by atoms with Gasteiger partial charge in [-0.1, -0.05) is 56.3 Å². The van der Waals surface area contributed by atoms with Gasteiger partial charge in [0, 0.05) is 26.0 Å². The second-order valence-corrected chi connectivity index (χ2v) is 7.83. The third-order valence-corrected chi connectivity index (χ3v) is 5.22. The van der Waals surface area contributed by atoms with Crippen molar-refractivity contribution in [2.75, 3.05) is 26.8 Å². The number of nitrogens with zero attached hydrogens (tertiary/aromatic N) is 3. The molecule has 3 rings (SSSR count). The summed E-state index contributed by atoms with van der Waals surface area (Å²) in [6.07, 6.45) is 0.511. The molecular formula is C24H28FN3O3. The fourth-order valence-electron chi connectivity index (χ4n) is 3.56. The SMILES string of the molecule is COCCN(CC(=O)N1N=C(c2ccc(F)cc2)C[C@H]1c1ccccc1)C(=O)C(C)C. The van der Waals surface area contributed by atoms with E-state index in [0.29, 0.717) is 25.3 Å². The molecule has 2 amide bonds. The number of methoxy groups -OCH3 is 1. The fraction of sp³-hybridized carbons (Fsp3) is 0.375. The van der Waals surface area contributed by atoms with Crippen molar-refractivity contribution in [2.45, 2.75) is 26.3 Å². The van der Waals surface area contributed by atoms with Crippen molar-refractivity contribution in [1.82, 2.24) is 9.91 Å². The van der Waals surface area contributed by atoms with Crippen LogP contribution in [0, 0.1) is 11.7 Å². The first-order chi connectivity index (χ1) is 14.9. The molecule has 0 unspecified atom stereocenters. The lowest BCUT2D eigenvalue weighted by Crippen LogP contribution is -2.44. The number of hydrogen-bond acceptors (Lipinski definition) is 4. The Morgan fingerprint density at radius 2 is 1.84 bits per heavy atom. The van der Waals surface area contributed by atoms with E-state index in [1.807, 2.05) is 30.3 Å². The predicted octanol–water partition coefficient (Wildman–Crippen LogP) is 3.63. The number of benzene rings is 2. The minimum absolute atomic E-state index is 0.0795. The first kappa shape index (κ1) is 22.6. The van der Waals surface area contributed by atoms with Crippen LogP contribution in [-0.2, 0) is 14.3 Å². The van der Waals surface area contributed by atoms with Gasteiger partial charge in [-0.15, -0.1) is 0 Å². The van der Waals surface area contributed by atoms with Crippen LogP contribution >= 0.6 is 0 Å².